The minimum atomic E-state index is -3.35. The van der Waals surface area contributed by atoms with Crippen LogP contribution in [0.4, 0.5) is 0 Å². The SMILES string of the molecule is CCS(=O)(=O)c1cn([C@@H](CC2CCCC2)C(=O)Cl)cn1. The monoisotopic (exact) mass is 318 g/mol. The first kappa shape index (κ1) is 15.5. The van der Waals surface area contributed by atoms with E-state index in [2.05, 4.69) is 4.98 Å². The third-order valence-electron chi connectivity index (χ3n) is 3.93. The summed E-state index contributed by atoms with van der Waals surface area (Å²) in [6.45, 7) is 1.57. The molecule has 1 aromatic heterocycles. The van der Waals surface area contributed by atoms with Crippen molar-refractivity contribution in [3.63, 3.8) is 0 Å². The summed E-state index contributed by atoms with van der Waals surface area (Å²) in [7, 11) is -3.35. The summed E-state index contributed by atoms with van der Waals surface area (Å²) in [6.07, 6.45) is 8.05. The van der Waals surface area contributed by atoms with Crippen molar-refractivity contribution < 1.29 is 13.2 Å². The lowest BCUT2D eigenvalue weighted by Gasteiger charge is -2.18. The number of sulfone groups is 1. The highest BCUT2D eigenvalue weighted by molar-refractivity contribution is 7.91. The molecular weight excluding hydrogens is 300 g/mol. The number of carbonyl (C=O) groups excluding carboxylic acids is 1. The van der Waals surface area contributed by atoms with Crippen LogP contribution in [0.5, 0.6) is 0 Å². The van der Waals surface area contributed by atoms with E-state index in [-0.39, 0.29) is 10.8 Å². The lowest BCUT2D eigenvalue weighted by molar-refractivity contribution is -0.115. The Labute approximate surface area is 124 Å². The predicted octanol–water partition coefficient (Wildman–Crippen LogP) is 2.56. The zero-order valence-electron chi connectivity index (χ0n) is 11.5. The lowest BCUT2D eigenvalue weighted by atomic mass is 9.99. The summed E-state index contributed by atoms with van der Waals surface area (Å²) in [5, 5.41) is -0.455. The van der Waals surface area contributed by atoms with Gasteiger partial charge in [-0.2, -0.15) is 0 Å². The van der Waals surface area contributed by atoms with Crippen LogP contribution in [-0.2, 0) is 14.6 Å². The van der Waals surface area contributed by atoms with Crippen molar-refractivity contribution in [3.05, 3.63) is 12.5 Å². The summed E-state index contributed by atoms with van der Waals surface area (Å²) < 4.78 is 25.1. The highest BCUT2D eigenvalue weighted by atomic mass is 35.5. The lowest BCUT2D eigenvalue weighted by Crippen LogP contribution is -2.17. The molecule has 0 spiro atoms. The van der Waals surface area contributed by atoms with Crippen LogP contribution in [0.3, 0.4) is 0 Å². The average Bonchev–Trinajstić information content (AvgIpc) is 3.07. The Balaban J connectivity index is 2.19. The molecule has 7 heteroatoms. The molecule has 0 aliphatic heterocycles. The molecule has 0 radical (unpaired) electrons. The van der Waals surface area contributed by atoms with E-state index in [1.54, 1.807) is 6.92 Å². The number of imidazole rings is 1. The highest BCUT2D eigenvalue weighted by Crippen LogP contribution is 2.33. The van der Waals surface area contributed by atoms with Gasteiger partial charge in [-0.05, 0) is 23.9 Å². The van der Waals surface area contributed by atoms with Gasteiger partial charge in [-0.15, -0.1) is 0 Å². The smallest absolute Gasteiger partial charge is 0.244 e. The van der Waals surface area contributed by atoms with Gasteiger partial charge in [-0.25, -0.2) is 13.4 Å². The van der Waals surface area contributed by atoms with Gasteiger partial charge in [0.15, 0.2) is 14.9 Å². The molecule has 1 atom stereocenters. The second-order valence-corrected chi connectivity index (χ2v) is 7.87. The maximum absolute atomic E-state index is 11.8. The summed E-state index contributed by atoms with van der Waals surface area (Å²) in [6, 6.07) is -0.520. The van der Waals surface area contributed by atoms with Crippen molar-refractivity contribution in [2.45, 2.75) is 50.1 Å². The van der Waals surface area contributed by atoms with Gasteiger partial charge in [0.2, 0.25) is 5.24 Å². The number of rotatable bonds is 6. The minimum absolute atomic E-state index is 0.00781. The molecule has 1 fully saturated rings. The van der Waals surface area contributed by atoms with Crippen LogP contribution in [0, 0.1) is 5.92 Å². The third-order valence-corrected chi connectivity index (χ3v) is 5.79. The van der Waals surface area contributed by atoms with Crippen LogP contribution < -0.4 is 0 Å². The summed E-state index contributed by atoms with van der Waals surface area (Å²) >= 11 is 5.68. The van der Waals surface area contributed by atoms with Crippen LogP contribution in [0.25, 0.3) is 0 Å². The van der Waals surface area contributed by atoms with Crippen LogP contribution in [0.15, 0.2) is 17.6 Å². The zero-order chi connectivity index (χ0) is 14.8. The molecule has 0 bridgehead atoms. The Morgan fingerprint density at radius 2 is 2.15 bits per heavy atom. The molecule has 0 unspecified atom stereocenters. The van der Waals surface area contributed by atoms with Gasteiger partial charge >= 0.3 is 0 Å². The molecule has 1 heterocycles. The second-order valence-electron chi connectivity index (χ2n) is 5.27. The third kappa shape index (κ3) is 3.41. The highest BCUT2D eigenvalue weighted by Gasteiger charge is 2.26. The maximum Gasteiger partial charge on any atom is 0.244 e. The Morgan fingerprint density at radius 3 is 2.70 bits per heavy atom. The molecule has 1 aromatic rings. The van der Waals surface area contributed by atoms with E-state index in [0.29, 0.717) is 12.3 Å². The Kier molecular flexibility index (Phi) is 4.86. The van der Waals surface area contributed by atoms with E-state index in [4.69, 9.17) is 11.6 Å². The molecule has 2 rings (SSSR count). The van der Waals surface area contributed by atoms with E-state index >= 15 is 0 Å². The first-order valence-corrected chi connectivity index (χ1v) is 8.92. The Morgan fingerprint density at radius 1 is 1.50 bits per heavy atom. The van der Waals surface area contributed by atoms with Crippen LogP contribution in [0.1, 0.15) is 45.1 Å². The second kappa shape index (κ2) is 6.26. The van der Waals surface area contributed by atoms with E-state index in [0.717, 1.165) is 12.8 Å². The number of nitrogens with zero attached hydrogens (tertiary/aromatic N) is 2. The summed E-state index contributed by atoms with van der Waals surface area (Å²) in [4.78, 5) is 15.5. The fourth-order valence-electron chi connectivity index (χ4n) is 2.69. The topological polar surface area (TPSA) is 69.0 Å². The van der Waals surface area contributed by atoms with Gasteiger partial charge in [0.25, 0.3) is 0 Å². The quantitative estimate of drug-likeness (QED) is 0.756. The van der Waals surface area contributed by atoms with Gasteiger partial charge in [-0.1, -0.05) is 32.6 Å². The first-order valence-electron chi connectivity index (χ1n) is 6.89. The van der Waals surface area contributed by atoms with Crippen LogP contribution >= 0.6 is 11.6 Å². The first-order chi connectivity index (χ1) is 9.44. The number of hydrogen-bond acceptors (Lipinski definition) is 4. The van der Waals surface area contributed by atoms with Crippen molar-refractivity contribution in [1.82, 2.24) is 9.55 Å². The van der Waals surface area contributed by atoms with Crippen molar-refractivity contribution in [2.75, 3.05) is 5.75 Å². The Bertz CT molecular complexity index is 576. The van der Waals surface area contributed by atoms with E-state index in [9.17, 15) is 13.2 Å². The normalized spacial score (nSPS) is 18.3. The molecule has 1 saturated carbocycles. The number of aromatic nitrogens is 2. The maximum atomic E-state index is 11.8. The Hall–Kier alpha value is -0.880. The van der Waals surface area contributed by atoms with Gasteiger partial charge in [-0.3, -0.25) is 4.79 Å². The van der Waals surface area contributed by atoms with Crippen molar-refractivity contribution in [1.29, 1.82) is 0 Å². The molecule has 1 aliphatic rings. The van der Waals surface area contributed by atoms with Gasteiger partial charge in [0.1, 0.15) is 6.04 Å². The van der Waals surface area contributed by atoms with Crippen molar-refractivity contribution in [2.24, 2.45) is 5.92 Å². The molecule has 0 amide bonds. The average molecular weight is 319 g/mol. The molecule has 0 aromatic carbocycles. The van der Waals surface area contributed by atoms with Crippen LogP contribution in [0.2, 0.25) is 0 Å². The molecule has 5 nitrogen and oxygen atoms in total. The number of carbonyl (C=O) groups is 1. The predicted molar refractivity (Wildman–Crippen MR) is 76.4 cm³/mol. The van der Waals surface area contributed by atoms with Crippen molar-refractivity contribution >= 4 is 26.7 Å². The van der Waals surface area contributed by atoms with Gasteiger partial charge in [0, 0.05) is 6.20 Å². The summed E-state index contributed by atoms with van der Waals surface area (Å²) in [5.74, 6) is 0.475. The largest absolute Gasteiger partial charge is 0.324 e. The molecule has 112 valence electrons. The molecule has 20 heavy (non-hydrogen) atoms. The molecule has 0 saturated heterocycles. The molecule has 1 aliphatic carbocycles. The van der Waals surface area contributed by atoms with Crippen molar-refractivity contribution in [3.8, 4) is 0 Å². The fraction of sp³-hybridized carbons (Fsp3) is 0.692. The summed E-state index contributed by atoms with van der Waals surface area (Å²) in [5.41, 5.74) is 0. The van der Waals surface area contributed by atoms with Crippen LogP contribution in [-0.4, -0.2) is 29.0 Å². The zero-order valence-corrected chi connectivity index (χ0v) is 13.0. The number of hydrogen-bond donors (Lipinski definition) is 0. The van der Waals surface area contributed by atoms with E-state index in [1.165, 1.54) is 29.9 Å². The van der Waals surface area contributed by atoms with Gasteiger partial charge < -0.3 is 4.57 Å². The molecular formula is C13H19ClN2O3S. The van der Waals surface area contributed by atoms with E-state index < -0.39 is 21.1 Å². The standard InChI is InChI=1S/C13H19ClN2O3S/c1-2-20(18,19)12-8-16(9-15-12)11(13(14)17)7-10-5-3-4-6-10/h8-11H,2-7H2,1H3/t11-/m0/s1. The molecule has 0 N–H and O–H groups in total. The number of halogens is 1. The van der Waals surface area contributed by atoms with E-state index in [1.807, 2.05) is 0 Å². The minimum Gasteiger partial charge on any atom is -0.324 e. The van der Waals surface area contributed by atoms with Gasteiger partial charge in [0.05, 0.1) is 12.1 Å². The fourth-order valence-corrected chi connectivity index (χ4v) is 3.68.